The van der Waals surface area contributed by atoms with E-state index >= 15 is 0 Å². The summed E-state index contributed by atoms with van der Waals surface area (Å²) in [6, 6.07) is 0. The predicted octanol–water partition coefficient (Wildman–Crippen LogP) is 3.42. The smallest absolute Gasteiger partial charge is 0.306 e. The highest BCUT2D eigenvalue weighted by Crippen LogP contribution is 2.26. The Kier molecular flexibility index (Phi) is 11.8. The average Bonchev–Trinajstić information content (AvgIpc) is 2.79. The number of amides is 2. The van der Waals surface area contributed by atoms with Crippen LogP contribution in [-0.4, -0.2) is 54.1 Å². The number of aliphatic hydroxyl groups is 1. The molecule has 0 spiro atoms. The summed E-state index contributed by atoms with van der Waals surface area (Å²) >= 11 is 0. The van der Waals surface area contributed by atoms with Gasteiger partial charge in [0.25, 0.3) is 0 Å². The van der Waals surface area contributed by atoms with Crippen LogP contribution in [0.25, 0.3) is 0 Å². The molecule has 0 bridgehead atoms. The number of aliphatic hydroxyl groups excluding tert-OH is 1. The number of nitrogens with one attached hydrogen (secondary N) is 1. The Morgan fingerprint density at radius 1 is 1.23 bits per heavy atom. The summed E-state index contributed by atoms with van der Waals surface area (Å²) in [7, 11) is 1.56. The Morgan fingerprint density at radius 3 is 2.57 bits per heavy atom. The van der Waals surface area contributed by atoms with Crippen molar-refractivity contribution in [3.63, 3.8) is 0 Å². The van der Waals surface area contributed by atoms with Crippen molar-refractivity contribution < 1.29 is 33.8 Å². The highest BCUT2D eigenvalue weighted by molar-refractivity contribution is 5.97. The van der Waals surface area contributed by atoms with Crippen LogP contribution in [-0.2, 0) is 28.7 Å². The number of Topliss-reactive ketones (excluding diaryl/α,β-unsaturated/α-hetero) is 1. The van der Waals surface area contributed by atoms with Crippen LogP contribution in [0.5, 0.6) is 0 Å². The molecule has 0 aromatic carbocycles. The van der Waals surface area contributed by atoms with Gasteiger partial charge in [-0.15, -0.1) is 0 Å². The molecule has 1 saturated heterocycles. The maximum absolute atomic E-state index is 13.0. The lowest BCUT2D eigenvalue weighted by Crippen LogP contribution is -2.38. The molecule has 196 valence electrons. The molecule has 8 heteroatoms. The first-order valence-electron chi connectivity index (χ1n) is 12.7. The van der Waals surface area contributed by atoms with Gasteiger partial charge in [-0.25, -0.2) is 0 Å². The van der Waals surface area contributed by atoms with Gasteiger partial charge in [-0.3, -0.25) is 24.5 Å². The molecule has 1 fully saturated rings. The predicted molar refractivity (Wildman–Crippen MR) is 131 cm³/mol. The van der Waals surface area contributed by atoms with Crippen molar-refractivity contribution in [2.75, 3.05) is 7.11 Å². The average molecular weight is 492 g/mol. The Hall–Kier alpha value is -2.32. The maximum Gasteiger partial charge on any atom is 0.306 e. The van der Waals surface area contributed by atoms with Crippen LogP contribution in [0.3, 0.4) is 0 Å². The van der Waals surface area contributed by atoms with Crippen LogP contribution in [0.4, 0.5) is 0 Å². The Bertz CT molecular complexity index is 802. The molecule has 0 saturated carbocycles. The van der Waals surface area contributed by atoms with Gasteiger partial charge in [0.15, 0.2) is 0 Å². The van der Waals surface area contributed by atoms with Crippen LogP contribution >= 0.6 is 0 Å². The van der Waals surface area contributed by atoms with Gasteiger partial charge in [-0.1, -0.05) is 32.1 Å². The summed E-state index contributed by atoms with van der Waals surface area (Å²) < 4.78 is 11.2. The lowest BCUT2D eigenvalue weighted by atomic mass is 9.86. The minimum absolute atomic E-state index is 0.0332. The fourth-order valence-corrected chi connectivity index (χ4v) is 4.81. The number of methoxy groups -OCH3 is 1. The largest absolute Gasteiger partial charge is 0.457 e. The topological polar surface area (TPSA) is 119 Å². The van der Waals surface area contributed by atoms with Gasteiger partial charge in [0, 0.05) is 38.7 Å². The van der Waals surface area contributed by atoms with Gasteiger partial charge < -0.3 is 14.6 Å². The number of hydrogen-bond acceptors (Lipinski definition) is 7. The first-order chi connectivity index (χ1) is 16.6. The number of rotatable bonds is 7. The lowest BCUT2D eigenvalue weighted by molar-refractivity contribution is -0.151. The number of piperidine rings is 1. The fraction of sp³-hybridized carbons (Fsp3) is 0.704. The zero-order valence-corrected chi connectivity index (χ0v) is 21.5. The molecule has 8 nitrogen and oxygen atoms in total. The summed E-state index contributed by atoms with van der Waals surface area (Å²) in [4.78, 5) is 48.7. The summed E-state index contributed by atoms with van der Waals surface area (Å²) in [6.45, 7) is 5.45. The van der Waals surface area contributed by atoms with Gasteiger partial charge in [0.2, 0.25) is 11.8 Å². The van der Waals surface area contributed by atoms with E-state index in [0.29, 0.717) is 32.1 Å². The van der Waals surface area contributed by atoms with Gasteiger partial charge >= 0.3 is 5.97 Å². The second kappa shape index (κ2) is 14.3. The zero-order valence-electron chi connectivity index (χ0n) is 21.5. The number of allylic oxidation sites excluding steroid dienone is 1. The minimum atomic E-state index is -0.785. The summed E-state index contributed by atoms with van der Waals surface area (Å²) in [5.41, 5.74) is 0.719. The SMILES string of the molecule is CO[C@H]1C=CCCCCC(=O)OC([C@H](C)C(=O)CCCC2CC(=O)NC(=O)C2)C(C)=C[C@@H](C)[C@@H]1O. The molecule has 5 atom stereocenters. The zero-order chi connectivity index (χ0) is 26.0. The lowest BCUT2D eigenvalue weighted by Gasteiger charge is -2.28. The van der Waals surface area contributed by atoms with E-state index in [0.717, 1.165) is 18.4 Å². The number of hydrogen-bond donors (Lipinski definition) is 2. The van der Waals surface area contributed by atoms with E-state index in [4.69, 9.17) is 9.47 Å². The third-order valence-corrected chi connectivity index (χ3v) is 6.93. The third-order valence-electron chi connectivity index (χ3n) is 6.93. The van der Waals surface area contributed by atoms with E-state index in [1.54, 1.807) is 14.0 Å². The van der Waals surface area contributed by atoms with E-state index in [1.165, 1.54) is 0 Å². The van der Waals surface area contributed by atoms with Crippen molar-refractivity contribution in [3.8, 4) is 0 Å². The molecule has 2 amide bonds. The van der Waals surface area contributed by atoms with Gasteiger partial charge in [0.05, 0.1) is 12.0 Å². The second-order valence-electron chi connectivity index (χ2n) is 9.94. The van der Waals surface area contributed by atoms with E-state index in [9.17, 15) is 24.3 Å². The number of ketones is 1. The van der Waals surface area contributed by atoms with Gasteiger partial charge in [0.1, 0.15) is 18.0 Å². The maximum atomic E-state index is 13.0. The third kappa shape index (κ3) is 9.33. The van der Waals surface area contributed by atoms with Crippen LogP contribution in [0.15, 0.2) is 23.8 Å². The Morgan fingerprint density at radius 2 is 1.91 bits per heavy atom. The number of carbonyl (C=O) groups is 4. The van der Waals surface area contributed by atoms with Crippen LogP contribution in [0, 0.1) is 17.8 Å². The number of imide groups is 1. The van der Waals surface area contributed by atoms with Crippen molar-refractivity contribution in [3.05, 3.63) is 23.8 Å². The summed E-state index contributed by atoms with van der Waals surface area (Å²) in [5.74, 6) is -1.78. The fourth-order valence-electron chi connectivity index (χ4n) is 4.81. The van der Waals surface area contributed by atoms with Crippen molar-refractivity contribution in [1.29, 1.82) is 0 Å². The van der Waals surface area contributed by atoms with Crippen molar-refractivity contribution in [1.82, 2.24) is 5.32 Å². The highest BCUT2D eigenvalue weighted by atomic mass is 16.5. The number of cyclic esters (lactones) is 1. The van der Waals surface area contributed by atoms with Crippen molar-refractivity contribution in [2.24, 2.45) is 17.8 Å². The van der Waals surface area contributed by atoms with E-state index < -0.39 is 24.2 Å². The number of carbonyl (C=O) groups excluding carboxylic acids is 4. The van der Waals surface area contributed by atoms with E-state index in [-0.39, 0.29) is 48.2 Å². The first-order valence-corrected chi connectivity index (χ1v) is 12.7. The summed E-state index contributed by atoms with van der Waals surface area (Å²) in [5, 5.41) is 13.1. The van der Waals surface area contributed by atoms with Gasteiger partial charge in [-0.2, -0.15) is 0 Å². The molecular formula is C27H41NO7. The molecule has 0 radical (unpaired) electrons. The molecule has 2 aliphatic rings. The normalized spacial score (nSPS) is 28.5. The molecular weight excluding hydrogens is 450 g/mol. The molecule has 0 aromatic rings. The van der Waals surface area contributed by atoms with E-state index in [2.05, 4.69) is 5.32 Å². The van der Waals surface area contributed by atoms with Gasteiger partial charge in [-0.05, 0) is 50.5 Å². The van der Waals surface area contributed by atoms with Crippen LogP contribution in [0.1, 0.15) is 78.6 Å². The molecule has 0 aliphatic carbocycles. The second-order valence-corrected chi connectivity index (χ2v) is 9.94. The Labute approximate surface area is 208 Å². The summed E-state index contributed by atoms with van der Waals surface area (Å²) in [6.07, 6.45) is 8.33. The molecule has 35 heavy (non-hydrogen) atoms. The van der Waals surface area contributed by atoms with Crippen LogP contribution in [0.2, 0.25) is 0 Å². The van der Waals surface area contributed by atoms with Crippen LogP contribution < -0.4 is 5.32 Å². The quantitative estimate of drug-likeness (QED) is 0.318. The monoisotopic (exact) mass is 491 g/mol. The number of ether oxygens (including phenoxy) is 2. The molecule has 2 aliphatic heterocycles. The molecule has 2 heterocycles. The highest BCUT2D eigenvalue weighted by Gasteiger charge is 2.31. The Balaban J connectivity index is 2.09. The molecule has 2 N–H and O–H groups in total. The van der Waals surface area contributed by atoms with E-state index in [1.807, 2.05) is 32.1 Å². The van der Waals surface area contributed by atoms with Crippen molar-refractivity contribution in [2.45, 2.75) is 96.9 Å². The van der Waals surface area contributed by atoms with Crippen molar-refractivity contribution >= 4 is 23.6 Å². The number of esters is 1. The minimum Gasteiger partial charge on any atom is -0.457 e. The molecule has 0 aromatic heterocycles. The first kappa shape index (κ1) is 28.9. The molecule has 1 unspecified atom stereocenters. The standard InChI is InChI=1S/C27H41NO7/c1-17-14-18(2)27(35-25(32)13-8-6-5-7-12-22(34-4)26(17)33)19(3)21(29)11-9-10-20-15-23(30)28-24(31)16-20/h7,12,14,17,19-20,22,26-27,33H,5-6,8-11,13,15-16H2,1-4H3,(H,28,30,31)/t17-,19-,22+,26+,27?/m1/s1. The molecule has 2 rings (SSSR count).